The summed E-state index contributed by atoms with van der Waals surface area (Å²) in [4.78, 5) is 28.8. The van der Waals surface area contributed by atoms with Crippen LogP contribution in [0.2, 0.25) is 5.02 Å². The Bertz CT molecular complexity index is 1070. The second-order valence-electron chi connectivity index (χ2n) is 6.43. The summed E-state index contributed by atoms with van der Waals surface area (Å²) in [6.45, 7) is 0.225. The van der Waals surface area contributed by atoms with E-state index in [1.54, 1.807) is 24.3 Å². The van der Waals surface area contributed by atoms with Gasteiger partial charge in [0, 0.05) is 15.6 Å². The molecule has 4 nitrogen and oxygen atoms in total. The summed E-state index contributed by atoms with van der Waals surface area (Å²) in [7, 11) is 0. The number of nitrogens with one attached hydrogen (secondary N) is 1. The summed E-state index contributed by atoms with van der Waals surface area (Å²) < 4.78 is 0. The predicted molar refractivity (Wildman–Crippen MR) is 116 cm³/mol. The first-order valence-electron chi connectivity index (χ1n) is 9.02. The molecule has 4 rings (SSSR count). The lowest BCUT2D eigenvalue weighted by Gasteiger charge is -2.15. The number of carbonyl (C=O) groups excluding carboxylic acids is 2. The minimum atomic E-state index is -0.341. The third kappa shape index (κ3) is 4.36. The SMILES string of the molecule is O=C1C(Nc2ccc(Cl)cc2)=C(Sc2ccccc2)C(=O)N1Cc1ccccc1. The van der Waals surface area contributed by atoms with Crippen molar-refractivity contribution < 1.29 is 9.59 Å². The molecule has 6 heteroatoms. The van der Waals surface area contributed by atoms with Gasteiger partial charge in [-0.15, -0.1) is 0 Å². The van der Waals surface area contributed by atoms with Gasteiger partial charge < -0.3 is 5.32 Å². The highest BCUT2D eigenvalue weighted by Crippen LogP contribution is 2.36. The molecule has 1 aliphatic rings. The average molecular weight is 421 g/mol. The van der Waals surface area contributed by atoms with Crippen molar-refractivity contribution in [2.45, 2.75) is 11.4 Å². The maximum atomic E-state index is 13.1. The molecular weight excluding hydrogens is 404 g/mol. The van der Waals surface area contributed by atoms with Gasteiger partial charge in [-0.25, -0.2) is 0 Å². The van der Waals surface area contributed by atoms with Gasteiger partial charge in [0.1, 0.15) is 10.6 Å². The summed E-state index contributed by atoms with van der Waals surface area (Å²) in [6.07, 6.45) is 0. The van der Waals surface area contributed by atoms with Crippen LogP contribution in [0.15, 0.2) is 100 Å². The number of amides is 2. The standard InChI is InChI=1S/C23H17ClN2O2S/c24-17-11-13-18(14-12-17)25-20-21(29-19-9-5-2-6-10-19)23(28)26(22(20)27)15-16-7-3-1-4-8-16/h1-14,25H,15H2. The van der Waals surface area contributed by atoms with Crippen molar-refractivity contribution in [3.05, 3.63) is 106 Å². The number of carbonyl (C=O) groups is 2. The van der Waals surface area contributed by atoms with Gasteiger partial charge in [0.25, 0.3) is 11.8 Å². The van der Waals surface area contributed by atoms with E-state index in [-0.39, 0.29) is 24.1 Å². The summed E-state index contributed by atoms with van der Waals surface area (Å²) in [5.74, 6) is -0.642. The summed E-state index contributed by atoms with van der Waals surface area (Å²) in [5, 5.41) is 3.72. The number of halogens is 1. The molecule has 0 aliphatic carbocycles. The molecule has 3 aromatic carbocycles. The highest BCUT2D eigenvalue weighted by molar-refractivity contribution is 8.04. The molecule has 0 fully saturated rings. The largest absolute Gasteiger partial charge is 0.350 e. The van der Waals surface area contributed by atoms with Crippen molar-refractivity contribution >= 4 is 40.9 Å². The number of benzene rings is 3. The van der Waals surface area contributed by atoms with E-state index in [0.717, 1.165) is 10.5 Å². The van der Waals surface area contributed by atoms with Gasteiger partial charge in [-0.3, -0.25) is 14.5 Å². The number of hydrogen-bond acceptors (Lipinski definition) is 4. The molecule has 0 saturated carbocycles. The molecule has 3 aromatic rings. The Morgan fingerprint density at radius 1 is 0.793 bits per heavy atom. The van der Waals surface area contributed by atoms with Crippen LogP contribution in [0.5, 0.6) is 0 Å². The molecular formula is C23H17ClN2O2S. The van der Waals surface area contributed by atoms with Crippen molar-refractivity contribution in [3.63, 3.8) is 0 Å². The normalized spacial score (nSPS) is 13.9. The van der Waals surface area contributed by atoms with Gasteiger partial charge in [0.15, 0.2) is 0 Å². The van der Waals surface area contributed by atoms with E-state index >= 15 is 0 Å². The quantitative estimate of drug-likeness (QED) is 0.548. The first kappa shape index (κ1) is 19.3. The number of anilines is 1. The minimum Gasteiger partial charge on any atom is -0.350 e. The molecule has 0 saturated heterocycles. The van der Waals surface area contributed by atoms with Crippen LogP contribution in [0.1, 0.15) is 5.56 Å². The van der Waals surface area contributed by atoms with Gasteiger partial charge in [-0.2, -0.15) is 0 Å². The second-order valence-corrected chi connectivity index (χ2v) is 7.95. The molecule has 0 spiro atoms. The van der Waals surface area contributed by atoms with E-state index in [1.807, 2.05) is 60.7 Å². The monoisotopic (exact) mass is 420 g/mol. The van der Waals surface area contributed by atoms with Crippen LogP contribution < -0.4 is 5.32 Å². The van der Waals surface area contributed by atoms with Crippen molar-refractivity contribution in [2.24, 2.45) is 0 Å². The van der Waals surface area contributed by atoms with Gasteiger partial charge in [-0.1, -0.05) is 71.9 Å². The van der Waals surface area contributed by atoms with E-state index in [2.05, 4.69) is 5.32 Å². The average Bonchev–Trinajstić information content (AvgIpc) is 2.96. The Labute approximate surface area is 178 Å². The van der Waals surface area contributed by atoms with Gasteiger partial charge in [0.2, 0.25) is 0 Å². The summed E-state index contributed by atoms with van der Waals surface area (Å²) in [5.41, 5.74) is 1.87. The number of thioether (sulfide) groups is 1. The van der Waals surface area contributed by atoms with Crippen LogP contribution >= 0.6 is 23.4 Å². The Morgan fingerprint density at radius 3 is 2.07 bits per heavy atom. The minimum absolute atomic E-state index is 0.225. The number of nitrogens with zero attached hydrogens (tertiary/aromatic N) is 1. The van der Waals surface area contributed by atoms with Crippen LogP contribution in [0.4, 0.5) is 5.69 Å². The third-order valence-electron chi connectivity index (χ3n) is 4.39. The second kappa shape index (κ2) is 8.55. The smallest absolute Gasteiger partial charge is 0.278 e. The van der Waals surface area contributed by atoms with Crippen molar-refractivity contribution in [3.8, 4) is 0 Å². The number of imide groups is 1. The van der Waals surface area contributed by atoms with Gasteiger partial charge in [-0.05, 0) is 42.0 Å². The topological polar surface area (TPSA) is 49.4 Å². The lowest BCUT2D eigenvalue weighted by atomic mass is 10.2. The maximum absolute atomic E-state index is 13.1. The fourth-order valence-corrected chi connectivity index (χ4v) is 4.05. The zero-order valence-corrected chi connectivity index (χ0v) is 16.9. The van der Waals surface area contributed by atoms with E-state index in [1.165, 1.54) is 16.7 Å². The van der Waals surface area contributed by atoms with Crippen molar-refractivity contribution in [1.29, 1.82) is 0 Å². The zero-order valence-electron chi connectivity index (χ0n) is 15.3. The summed E-state index contributed by atoms with van der Waals surface area (Å²) in [6, 6.07) is 26.0. The molecule has 0 aromatic heterocycles. The van der Waals surface area contributed by atoms with Crippen molar-refractivity contribution in [1.82, 2.24) is 4.90 Å². The van der Waals surface area contributed by atoms with E-state index in [0.29, 0.717) is 15.6 Å². The Kier molecular flexibility index (Phi) is 5.69. The zero-order chi connectivity index (χ0) is 20.2. The first-order chi connectivity index (χ1) is 14.1. The molecule has 0 bridgehead atoms. The van der Waals surface area contributed by atoms with E-state index in [9.17, 15) is 9.59 Å². The molecule has 144 valence electrons. The van der Waals surface area contributed by atoms with Crippen LogP contribution in [-0.4, -0.2) is 16.7 Å². The molecule has 1 heterocycles. The lowest BCUT2D eigenvalue weighted by Crippen LogP contribution is -2.31. The fourth-order valence-electron chi connectivity index (χ4n) is 2.95. The maximum Gasteiger partial charge on any atom is 0.278 e. The Morgan fingerprint density at radius 2 is 1.41 bits per heavy atom. The third-order valence-corrected chi connectivity index (χ3v) is 5.73. The van der Waals surface area contributed by atoms with Crippen LogP contribution in [0.25, 0.3) is 0 Å². The van der Waals surface area contributed by atoms with Gasteiger partial charge >= 0.3 is 0 Å². The van der Waals surface area contributed by atoms with Crippen LogP contribution in [-0.2, 0) is 16.1 Å². The highest BCUT2D eigenvalue weighted by atomic mass is 35.5. The molecule has 0 radical (unpaired) electrons. The first-order valence-corrected chi connectivity index (χ1v) is 10.2. The van der Waals surface area contributed by atoms with Crippen LogP contribution in [0.3, 0.4) is 0 Å². The molecule has 1 aliphatic heterocycles. The lowest BCUT2D eigenvalue weighted by molar-refractivity contribution is -0.137. The van der Waals surface area contributed by atoms with Gasteiger partial charge in [0.05, 0.1) is 6.54 Å². The molecule has 0 atom stereocenters. The Hall–Kier alpha value is -3.02. The molecule has 2 amide bonds. The molecule has 0 unspecified atom stereocenters. The predicted octanol–water partition coefficient (Wildman–Crippen LogP) is 5.32. The van der Waals surface area contributed by atoms with Crippen LogP contribution in [0, 0.1) is 0 Å². The van der Waals surface area contributed by atoms with E-state index in [4.69, 9.17) is 11.6 Å². The fraction of sp³-hybridized carbons (Fsp3) is 0.0435. The molecule has 1 N–H and O–H groups in total. The van der Waals surface area contributed by atoms with Crippen molar-refractivity contribution in [2.75, 3.05) is 5.32 Å². The summed E-state index contributed by atoms with van der Waals surface area (Å²) >= 11 is 7.24. The highest BCUT2D eigenvalue weighted by Gasteiger charge is 2.39. The number of hydrogen-bond donors (Lipinski definition) is 1. The van der Waals surface area contributed by atoms with E-state index < -0.39 is 0 Å². The Balaban J connectivity index is 1.67. The molecule has 29 heavy (non-hydrogen) atoms. The number of rotatable bonds is 6.